The molecule has 0 aliphatic carbocycles. The lowest BCUT2D eigenvalue weighted by atomic mass is 10.1. The molecule has 1 aromatic rings. The number of ether oxygens (including phenoxy) is 2. The van der Waals surface area contributed by atoms with E-state index in [2.05, 4.69) is 39.6 Å². The summed E-state index contributed by atoms with van der Waals surface area (Å²) in [5.74, 6) is 1.46. The second kappa shape index (κ2) is 9.94. The van der Waals surface area contributed by atoms with E-state index in [9.17, 15) is 0 Å². The summed E-state index contributed by atoms with van der Waals surface area (Å²) in [5.41, 5.74) is 0. The molecule has 2 fully saturated rings. The fourth-order valence-electron chi connectivity index (χ4n) is 3.24. The van der Waals surface area contributed by atoms with E-state index < -0.39 is 0 Å². The number of hydrogen-bond acceptors (Lipinski definition) is 4. The third-order valence-electron chi connectivity index (χ3n) is 4.58. The van der Waals surface area contributed by atoms with Crippen molar-refractivity contribution >= 4 is 41.3 Å². The van der Waals surface area contributed by atoms with E-state index in [1.54, 1.807) is 0 Å². The van der Waals surface area contributed by atoms with Gasteiger partial charge in [0.05, 0.1) is 12.7 Å². The molecule has 2 saturated heterocycles. The van der Waals surface area contributed by atoms with Crippen molar-refractivity contribution in [1.82, 2.24) is 10.2 Å². The maximum atomic E-state index is 5.92. The third kappa shape index (κ3) is 5.06. The van der Waals surface area contributed by atoms with Gasteiger partial charge in [0.15, 0.2) is 5.96 Å². The van der Waals surface area contributed by atoms with Gasteiger partial charge in [-0.3, -0.25) is 4.99 Å². The highest BCUT2D eigenvalue weighted by atomic mass is 127. The minimum absolute atomic E-state index is 0. The van der Waals surface area contributed by atoms with Gasteiger partial charge < -0.3 is 19.7 Å². The van der Waals surface area contributed by atoms with Crippen molar-refractivity contribution in [3.8, 4) is 0 Å². The Kier molecular flexibility index (Phi) is 8.25. The highest BCUT2D eigenvalue weighted by Crippen LogP contribution is 2.22. The van der Waals surface area contributed by atoms with E-state index in [1.165, 1.54) is 4.88 Å². The van der Waals surface area contributed by atoms with Crippen LogP contribution in [0.2, 0.25) is 0 Å². The highest BCUT2D eigenvalue weighted by molar-refractivity contribution is 14.0. The smallest absolute Gasteiger partial charge is 0.193 e. The van der Waals surface area contributed by atoms with Gasteiger partial charge in [-0.15, -0.1) is 35.3 Å². The monoisotopic (exact) mass is 465 g/mol. The fourth-order valence-corrected chi connectivity index (χ4v) is 4.02. The summed E-state index contributed by atoms with van der Waals surface area (Å²) in [4.78, 5) is 8.18. The van der Waals surface area contributed by atoms with E-state index in [0.29, 0.717) is 5.92 Å². The van der Waals surface area contributed by atoms with E-state index >= 15 is 0 Å². The van der Waals surface area contributed by atoms with Crippen molar-refractivity contribution in [2.24, 2.45) is 4.99 Å². The first-order valence-electron chi connectivity index (χ1n) is 8.50. The molecule has 5 nitrogen and oxygen atoms in total. The average Bonchev–Trinajstić information content (AvgIpc) is 3.29. The molecule has 24 heavy (non-hydrogen) atoms. The second-order valence-electron chi connectivity index (χ2n) is 6.25. The summed E-state index contributed by atoms with van der Waals surface area (Å²) in [6.45, 7) is 6.51. The lowest BCUT2D eigenvalue weighted by Crippen LogP contribution is -2.53. The maximum Gasteiger partial charge on any atom is 0.193 e. The van der Waals surface area contributed by atoms with Crippen molar-refractivity contribution in [3.05, 3.63) is 22.4 Å². The Hall–Kier alpha value is -0.380. The van der Waals surface area contributed by atoms with Crippen LogP contribution in [0.3, 0.4) is 0 Å². The minimum Gasteiger partial charge on any atom is -0.375 e. The molecule has 7 heteroatoms. The van der Waals surface area contributed by atoms with Crippen LogP contribution in [0, 0.1) is 0 Å². The molecule has 3 atom stereocenters. The number of nitrogens with one attached hydrogen (secondary N) is 1. The number of nitrogens with zero attached hydrogens (tertiary/aromatic N) is 2. The van der Waals surface area contributed by atoms with Gasteiger partial charge in [0.25, 0.3) is 0 Å². The molecule has 3 unspecified atom stereocenters. The number of halogens is 1. The van der Waals surface area contributed by atoms with Crippen LogP contribution in [0.25, 0.3) is 0 Å². The molecule has 0 bridgehead atoms. The number of aliphatic imine (C=N–C) groups is 1. The van der Waals surface area contributed by atoms with E-state index in [4.69, 9.17) is 9.47 Å². The van der Waals surface area contributed by atoms with Gasteiger partial charge in [-0.2, -0.15) is 0 Å². The SMILES string of the molecule is CN=C(NCC(C)c1cccs1)N1CCOC(C2CCCO2)C1.I. The molecule has 0 radical (unpaired) electrons. The van der Waals surface area contributed by atoms with Crippen LogP contribution in [0.5, 0.6) is 0 Å². The van der Waals surface area contributed by atoms with E-state index in [0.717, 1.165) is 51.6 Å². The molecule has 1 aromatic heterocycles. The first-order valence-corrected chi connectivity index (χ1v) is 9.38. The molecular formula is C17H28IN3O2S. The summed E-state index contributed by atoms with van der Waals surface area (Å²) in [5, 5.41) is 5.66. The van der Waals surface area contributed by atoms with Crippen LogP contribution >= 0.6 is 35.3 Å². The number of thiophene rings is 1. The van der Waals surface area contributed by atoms with E-state index in [-0.39, 0.29) is 36.2 Å². The van der Waals surface area contributed by atoms with E-state index in [1.807, 2.05) is 18.4 Å². The number of morpholine rings is 1. The lowest BCUT2D eigenvalue weighted by Gasteiger charge is -2.37. The molecule has 3 rings (SSSR count). The van der Waals surface area contributed by atoms with Crippen molar-refractivity contribution in [2.75, 3.05) is 39.9 Å². The Morgan fingerprint density at radius 3 is 2.92 bits per heavy atom. The van der Waals surface area contributed by atoms with Gasteiger partial charge >= 0.3 is 0 Å². The molecule has 2 aliphatic rings. The first-order chi connectivity index (χ1) is 11.3. The number of rotatable bonds is 4. The number of guanidine groups is 1. The third-order valence-corrected chi connectivity index (χ3v) is 5.68. The summed E-state index contributed by atoms with van der Waals surface area (Å²) >= 11 is 1.81. The molecule has 0 aromatic carbocycles. The van der Waals surface area contributed by atoms with Gasteiger partial charge in [0, 0.05) is 44.1 Å². The van der Waals surface area contributed by atoms with Crippen molar-refractivity contribution < 1.29 is 9.47 Å². The Balaban J connectivity index is 0.00000208. The molecule has 0 saturated carbocycles. The van der Waals surface area contributed by atoms with Gasteiger partial charge in [0.1, 0.15) is 6.10 Å². The van der Waals surface area contributed by atoms with Gasteiger partial charge in [-0.05, 0) is 24.3 Å². The maximum absolute atomic E-state index is 5.92. The Morgan fingerprint density at radius 2 is 2.25 bits per heavy atom. The zero-order valence-electron chi connectivity index (χ0n) is 14.4. The first kappa shape index (κ1) is 19.9. The van der Waals surface area contributed by atoms with Crippen LogP contribution in [0.1, 0.15) is 30.6 Å². The Morgan fingerprint density at radius 1 is 1.42 bits per heavy atom. The van der Waals surface area contributed by atoms with Crippen LogP contribution in [0.4, 0.5) is 0 Å². The molecule has 0 amide bonds. The zero-order valence-corrected chi connectivity index (χ0v) is 17.6. The van der Waals surface area contributed by atoms with Crippen LogP contribution in [0.15, 0.2) is 22.5 Å². The predicted octanol–water partition coefficient (Wildman–Crippen LogP) is 2.92. The topological polar surface area (TPSA) is 46.1 Å². The molecule has 2 aliphatic heterocycles. The van der Waals surface area contributed by atoms with Crippen molar-refractivity contribution in [1.29, 1.82) is 0 Å². The Labute approximate surface area is 165 Å². The lowest BCUT2D eigenvalue weighted by molar-refractivity contribution is -0.0816. The summed E-state index contributed by atoms with van der Waals surface area (Å²) in [6, 6.07) is 4.31. The van der Waals surface area contributed by atoms with Crippen LogP contribution in [-0.2, 0) is 9.47 Å². The second-order valence-corrected chi connectivity index (χ2v) is 7.23. The van der Waals surface area contributed by atoms with Crippen LogP contribution < -0.4 is 5.32 Å². The quantitative estimate of drug-likeness (QED) is 0.422. The molecule has 3 heterocycles. The molecular weight excluding hydrogens is 437 g/mol. The Bertz CT molecular complexity index is 506. The molecule has 0 spiro atoms. The predicted molar refractivity (Wildman–Crippen MR) is 110 cm³/mol. The summed E-state index contributed by atoms with van der Waals surface area (Å²) in [7, 11) is 1.86. The van der Waals surface area contributed by atoms with Gasteiger partial charge in [-0.25, -0.2) is 0 Å². The van der Waals surface area contributed by atoms with Crippen molar-refractivity contribution in [3.63, 3.8) is 0 Å². The summed E-state index contributed by atoms with van der Waals surface area (Å²) in [6.07, 6.45) is 2.68. The van der Waals surface area contributed by atoms with Crippen LogP contribution in [-0.4, -0.2) is 63.0 Å². The average molecular weight is 465 g/mol. The molecule has 136 valence electrons. The zero-order chi connectivity index (χ0) is 16.1. The minimum atomic E-state index is 0. The largest absolute Gasteiger partial charge is 0.375 e. The van der Waals surface area contributed by atoms with Gasteiger partial charge in [0.2, 0.25) is 0 Å². The fraction of sp³-hybridized carbons (Fsp3) is 0.706. The number of hydrogen-bond donors (Lipinski definition) is 1. The standard InChI is InChI=1S/C17H27N3O2S.HI/c1-13(16-6-4-10-23-16)11-19-17(18-2)20-7-9-22-15(12-20)14-5-3-8-21-14;/h4,6,10,13-15H,3,5,7-9,11-12H2,1-2H3,(H,18,19);1H. The van der Waals surface area contributed by atoms with Gasteiger partial charge in [-0.1, -0.05) is 13.0 Å². The van der Waals surface area contributed by atoms with Crippen molar-refractivity contribution in [2.45, 2.75) is 37.9 Å². The highest BCUT2D eigenvalue weighted by Gasteiger charge is 2.32. The summed E-state index contributed by atoms with van der Waals surface area (Å²) < 4.78 is 11.7. The molecule has 1 N–H and O–H groups in total. The normalized spacial score (nSPS) is 26.1.